The number of carbonyl (C=O) groups excluding carboxylic acids is 1. The van der Waals surface area contributed by atoms with Crippen LogP contribution < -0.4 is 0 Å². The molecule has 0 amide bonds. The topological polar surface area (TPSA) is 37.3 Å². The summed E-state index contributed by atoms with van der Waals surface area (Å²) in [5.74, 6) is -0.104. The van der Waals surface area contributed by atoms with E-state index in [0.717, 1.165) is 0 Å². The third kappa shape index (κ3) is 3.94. The molecule has 0 rings (SSSR count). The highest BCUT2D eigenvalue weighted by atomic mass is 16.3. The third-order valence-corrected chi connectivity index (χ3v) is 1.62. The van der Waals surface area contributed by atoms with E-state index < -0.39 is 6.10 Å². The highest BCUT2D eigenvalue weighted by Crippen LogP contribution is 2.21. The summed E-state index contributed by atoms with van der Waals surface area (Å²) in [6.45, 7) is 9.03. The minimum absolute atomic E-state index is 0.104. The van der Waals surface area contributed by atoms with Crippen LogP contribution >= 0.6 is 0 Å². The highest BCUT2D eigenvalue weighted by Gasteiger charge is 2.23. The number of hydrogen-bond donors (Lipinski definition) is 1. The maximum Gasteiger partial charge on any atom is 0.157 e. The lowest BCUT2D eigenvalue weighted by atomic mass is 9.86. The molecule has 0 unspecified atom stereocenters. The first-order chi connectivity index (χ1) is 4.88. The van der Waals surface area contributed by atoms with Crippen LogP contribution in [0.15, 0.2) is 12.7 Å². The molecule has 0 aromatic heterocycles. The van der Waals surface area contributed by atoms with Gasteiger partial charge in [-0.15, -0.1) is 0 Å². The Balaban J connectivity index is 3.97. The summed E-state index contributed by atoms with van der Waals surface area (Å²) in [4.78, 5) is 10.8. The molecule has 0 aliphatic rings. The second-order valence-corrected chi connectivity index (χ2v) is 3.76. The van der Waals surface area contributed by atoms with Gasteiger partial charge in [0, 0.05) is 6.42 Å². The summed E-state index contributed by atoms with van der Waals surface area (Å²) >= 11 is 0. The number of aliphatic hydroxyl groups excluding tert-OH is 1. The van der Waals surface area contributed by atoms with Gasteiger partial charge in [0.15, 0.2) is 5.78 Å². The van der Waals surface area contributed by atoms with Gasteiger partial charge < -0.3 is 5.11 Å². The van der Waals surface area contributed by atoms with Crippen LogP contribution in [0.5, 0.6) is 0 Å². The first-order valence-electron chi connectivity index (χ1n) is 3.71. The molecular weight excluding hydrogens is 140 g/mol. The highest BCUT2D eigenvalue weighted by molar-refractivity contribution is 5.89. The normalized spacial score (nSPS) is 14.2. The van der Waals surface area contributed by atoms with Gasteiger partial charge in [0.2, 0.25) is 0 Å². The fraction of sp³-hybridized carbons (Fsp3) is 0.667. The van der Waals surface area contributed by atoms with Crippen LogP contribution in [-0.2, 0) is 4.79 Å². The van der Waals surface area contributed by atoms with Gasteiger partial charge in [0.25, 0.3) is 0 Å². The van der Waals surface area contributed by atoms with Gasteiger partial charge in [-0.25, -0.2) is 0 Å². The van der Waals surface area contributed by atoms with Crippen LogP contribution in [0.1, 0.15) is 27.2 Å². The molecule has 0 radical (unpaired) electrons. The molecule has 1 N–H and O–H groups in total. The van der Waals surface area contributed by atoms with Gasteiger partial charge in [-0.2, -0.15) is 0 Å². The molecule has 1 atom stereocenters. The standard InChI is InChI=1S/C9H16O2/c1-5-7(10)6-8(11)9(2,3)4/h5,8,11H,1,6H2,2-4H3/t8-/m1/s1. The molecule has 0 aromatic rings. The summed E-state index contributed by atoms with van der Waals surface area (Å²) in [6.07, 6.45) is 0.843. The van der Waals surface area contributed by atoms with Gasteiger partial charge >= 0.3 is 0 Å². The second-order valence-electron chi connectivity index (χ2n) is 3.76. The molecule has 0 aromatic carbocycles. The van der Waals surface area contributed by atoms with Crippen molar-refractivity contribution in [3.05, 3.63) is 12.7 Å². The fourth-order valence-corrected chi connectivity index (χ4v) is 0.580. The molecule has 2 heteroatoms. The molecule has 64 valence electrons. The number of hydrogen-bond acceptors (Lipinski definition) is 2. The van der Waals surface area contributed by atoms with Crippen molar-refractivity contribution in [3.63, 3.8) is 0 Å². The summed E-state index contributed by atoms with van der Waals surface area (Å²) in [7, 11) is 0. The summed E-state index contributed by atoms with van der Waals surface area (Å²) < 4.78 is 0. The Morgan fingerprint density at radius 3 is 2.36 bits per heavy atom. The lowest BCUT2D eigenvalue weighted by Crippen LogP contribution is -2.27. The largest absolute Gasteiger partial charge is 0.392 e. The van der Waals surface area contributed by atoms with Gasteiger partial charge in [0.1, 0.15) is 0 Å². The minimum Gasteiger partial charge on any atom is -0.392 e. The average molecular weight is 156 g/mol. The molecule has 2 nitrogen and oxygen atoms in total. The van der Waals surface area contributed by atoms with Crippen molar-refractivity contribution in [1.82, 2.24) is 0 Å². The van der Waals surface area contributed by atoms with Crippen molar-refractivity contribution >= 4 is 5.78 Å². The Hall–Kier alpha value is -0.630. The molecule has 0 spiro atoms. The van der Waals surface area contributed by atoms with Gasteiger partial charge in [-0.3, -0.25) is 4.79 Å². The van der Waals surface area contributed by atoms with Crippen molar-refractivity contribution in [2.45, 2.75) is 33.3 Å². The summed E-state index contributed by atoms with van der Waals surface area (Å²) in [5.41, 5.74) is -0.224. The zero-order valence-electron chi connectivity index (χ0n) is 7.42. The van der Waals surface area contributed by atoms with E-state index in [1.54, 1.807) is 0 Å². The second kappa shape index (κ2) is 3.67. The molecule has 0 saturated carbocycles. The lowest BCUT2D eigenvalue weighted by molar-refractivity contribution is -0.117. The summed E-state index contributed by atoms with van der Waals surface area (Å²) in [6, 6.07) is 0. The first-order valence-corrected chi connectivity index (χ1v) is 3.71. The van der Waals surface area contributed by atoms with E-state index in [2.05, 4.69) is 6.58 Å². The minimum atomic E-state index is -0.576. The van der Waals surface area contributed by atoms with Crippen LogP contribution in [0.4, 0.5) is 0 Å². The van der Waals surface area contributed by atoms with Crippen LogP contribution in [0.3, 0.4) is 0 Å². The van der Waals surface area contributed by atoms with Crippen molar-refractivity contribution < 1.29 is 9.90 Å². The Morgan fingerprint density at radius 2 is 2.09 bits per heavy atom. The quantitative estimate of drug-likeness (QED) is 0.629. The van der Waals surface area contributed by atoms with Crippen LogP contribution in [0.25, 0.3) is 0 Å². The molecule has 0 heterocycles. The Morgan fingerprint density at radius 1 is 1.64 bits per heavy atom. The molecule has 0 bridgehead atoms. The van der Waals surface area contributed by atoms with E-state index in [-0.39, 0.29) is 17.6 Å². The maximum absolute atomic E-state index is 10.8. The van der Waals surface area contributed by atoms with E-state index in [1.165, 1.54) is 6.08 Å². The molecule has 0 fully saturated rings. The molecular formula is C9H16O2. The zero-order chi connectivity index (χ0) is 9.07. The first kappa shape index (κ1) is 10.4. The lowest BCUT2D eigenvalue weighted by Gasteiger charge is -2.24. The smallest absolute Gasteiger partial charge is 0.157 e. The average Bonchev–Trinajstić information content (AvgIpc) is 1.85. The van der Waals surface area contributed by atoms with E-state index in [1.807, 2.05) is 20.8 Å². The van der Waals surface area contributed by atoms with Crippen molar-refractivity contribution in [3.8, 4) is 0 Å². The van der Waals surface area contributed by atoms with Crippen LogP contribution in [0.2, 0.25) is 0 Å². The SMILES string of the molecule is C=CC(=O)C[C@@H](O)C(C)(C)C. The van der Waals surface area contributed by atoms with E-state index in [9.17, 15) is 9.90 Å². The zero-order valence-corrected chi connectivity index (χ0v) is 7.42. The Labute approximate surface area is 67.9 Å². The molecule has 0 saturated heterocycles. The number of ketones is 1. The van der Waals surface area contributed by atoms with Gasteiger partial charge in [-0.05, 0) is 11.5 Å². The van der Waals surface area contributed by atoms with E-state index in [4.69, 9.17) is 0 Å². The van der Waals surface area contributed by atoms with Crippen molar-refractivity contribution in [1.29, 1.82) is 0 Å². The fourth-order valence-electron chi connectivity index (χ4n) is 0.580. The number of aliphatic hydroxyl groups is 1. The van der Waals surface area contributed by atoms with E-state index in [0.29, 0.717) is 0 Å². The number of rotatable bonds is 3. The predicted molar refractivity (Wildman–Crippen MR) is 45.3 cm³/mol. The predicted octanol–water partition coefficient (Wildman–Crippen LogP) is 1.54. The van der Waals surface area contributed by atoms with Crippen LogP contribution in [-0.4, -0.2) is 17.0 Å². The third-order valence-electron chi connectivity index (χ3n) is 1.62. The number of carbonyl (C=O) groups is 1. The molecule has 0 aliphatic heterocycles. The van der Waals surface area contributed by atoms with E-state index >= 15 is 0 Å². The Kier molecular flexibility index (Phi) is 3.46. The Bertz CT molecular complexity index is 153. The molecule has 11 heavy (non-hydrogen) atoms. The maximum atomic E-state index is 10.8. The van der Waals surface area contributed by atoms with Crippen molar-refractivity contribution in [2.24, 2.45) is 5.41 Å². The summed E-state index contributed by atoms with van der Waals surface area (Å²) in [5, 5.41) is 9.42. The van der Waals surface area contributed by atoms with Gasteiger partial charge in [-0.1, -0.05) is 27.4 Å². The van der Waals surface area contributed by atoms with Crippen molar-refractivity contribution in [2.75, 3.05) is 0 Å². The molecule has 0 aliphatic carbocycles. The monoisotopic (exact) mass is 156 g/mol. The van der Waals surface area contributed by atoms with Gasteiger partial charge in [0.05, 0.1) is 6.10 Å². The number of allylic oxidation sites excluding steroid dienone is 1. The van der Waals surface area contributed by atoms with Crippen LogP contribution in [0, 0.1) is 5.41 Å².